The molecule has 0 radical (unpaired) electrons. The standard InChI is InChI=1S/C32H32N2O6S/c35-29(36)17-12-21-10-14-24(15-11-21)41(38,39)33-32(37)23-13-16-25-27(20-23)34-18-19-40-28-9-5-4-8-26(28)31(34)30(25)22-6-2-1-3-7-22/h4-5,8-11,13-16,20,22H,1-3,6-7,12,17-19H2,(H,33,37)(H,35,36). The maximum absolute atomic E-state index is 13.3. The van der Waals surface area contributed by atoms with Crippen molar-refractivity contribution >= 4 is 32.8 Å². The minimum Gasteiger partial charge on any atom is -0.491 e. The number of hydrogen-bond donors (Lipinski definition) is 2. The maximum atomic E-state index is 13.3. The quantitative estimate of drug-likeness (QED) is 0.286. The van der Waals surface area contributed by atoms with Crippen molar-refractivity contribution in [3.8, 4) is 17.0 Å². The number of rotatable bonds is 7. The summed E-state index contributed by atoms with van der Waals surface area (Å²) in [5.41, 5.74) is 5.33. The van der Waals surface area contributed by atoms with E-state index in [1.807, 2.05) is 24.3 Å². The van der Waals surface area contributed by atoms with E-state index < -0.39 is 21.9 Å². The molecular formula is C32H32N2O6S. The van der Waals surface area contributed by atoms with Crippen LogP contribution in [0.3, 0.4) is 0 Å². The molecular weight excluding hydrogens is 540 g/mol. The highest BCUT2D eigenvalue weighted by molar-refractivity contribution is 7.90. The summed E-state index contributed by atoms with van der Waals surface area (Å²) in [5.74, 6) is -0.369. The number of nitrogens with zero attached hydrogens (tertiary/aromatic N) is 1. The molecule has 41 heavy (non-hydrogen) atoms. The van der Waals surface area contributed by atoms with E-state index in [1.54, 1.807) is 24.3 Å². The molecule has 9 heteroatoms. The van der Waals surface area contributed by atoms with Crippen molar-refractivity contribution in [2.24, 2.45) is 0 Å². The van der Waals surface area contributed by atoms with Gasteiger partial charge >= 0.3 is 5.97 Å². The summed E-state index contributed by atoms with van der Waals surface area (Å²) in [7, 11) is -4.13. The molecule has 8 nitrogen and oxygen atoms in total. The van der Waals surface area contributed by atoms with Crippen LogP contribution in [0.1, 0.15) is 65.9 Å². The molecule has 4 aromatic rings. The summed E-state index contributed by atoms with van der Waals surface area (Å²) in [5, 5.41) is 9.97. The van der Waals surface area contributed by atoms with Gasteiger partial charge in [0.05, 0.1) is 17.1 Å². The second-order valence-corrected chi connectivity index (χ2v) is 12.5. The van der Waals surface area contributed by atoms with Gasteiger partial charge in [-0.3, -0.25) is 9.59 Å². The third-order valence-electron chi connectivity index (χ3n) is 8.18. The number of nitrogens with one attached hydrogen (secondary N) is 1. The maximum Gasteiger partial charge on any atom is 0.303 e. The third-order valence-corrected chi connectivity index (χ3v) is 9.53. The van der Waals surface area contributed by atoms with E-state index in [2.05, 4.69) is 15.4 Å². The van der Waals surface area contributed by atoms with Gasteiger partial charge in [0.2, 0.25) is 0 Å². The lowest BCUT2D eigenvalue weighted by Gasteiger charge is -2.23. The number of hydrogen-bond acceptors (Lipinski definition) is 5. The van der Waals surface area contributed by atoms with E-state index in [9.17, 15) is 18.0 Å². The first-order chi connectivity index (χ1) is 19.8. The van der Waals surface area contributed by atoms with Crippen LogP contribution in [0.2, 0.25) is 0 Å². The van der Waals surface area contributed by atoms with Crippen LogP contribution in [0, 0.1) is 0 Å². The van der Waals surface area contributed by atoms with Gasteiger partial charge in [-0.05, 0) is 72.7 Å². The smallest absolute Gasteiger partial charge is 0.303 e. The van der Waals surface area contributed by atoms with E-state index in [0.29, 0.717) is 31.1 Å². The van der Waals surface area contributed by atoms with Crippen molar-refractivity contribution in [3.63, 3.8) is 0 Å². The molecule has 1 aliphatic carbocycles. The lowest BCUT2D eigenvalue weighted by atomic mass is 9.81. The molecule has 0 spiro atoms. The van der Waals surface area contributed by atoms with Gasteiger partial charge in [-0.15, -0.1) is 0 Å². The van der Waals surface area contributed by atoms with Crippen molar-refractivity contribution in [1.29, 1.82) is 0 Å². The number of carbonyl (C=O) groups is 2. The number of carboxylic acid groups (broad SMARTS) is 1. The molecule has 3 aromatic carbocycles. The van der Waals surface area contributed by atoms with Crippen LogP contribution in [0.4, 0.5) is 0 Å². The van der Waals surface area contributed by atoms with Crippen LogP contribution >= 0.6 is 0 Å². The molecule has 1 aliphatic heterocycles. The van der Waals surface area contributed by atoms with Gasteiger partial charge in [-0.1, -0.05) is 49.6 Å². The summed E-state index contributed by atoms with van der Waals surface area (Å²) in [6.45, 7) is 1.11. The highest BCUT2D eigenvalue weighted by Gasteiger charge is 2.30. The number of aliphatic carboxylic acids is 1. The topological polar surface area (TPSA) is 115 Å². The zero-order valence-electron chi connectivity index (χ0n) is 22.6. The van der Waals surface area contributed by atoms with Crippen LogP contribution in [0.5, 0.6) is 5.75 Å². The number of ether oxygens (including phenoxy) is 1. The second-order valence-electron chi connectivity index (χ2n) is 10.8. The van der Waals surface area contributed by atoms with Crippen molar-refractivity contribution in [3.05, 3.63) is 83.4 Å². The number of aromatic nitrogens is 1. The Labute approximate surface area is 239 Å². The summed E-state index contributed by atoms with van der Waals surface area (Å²) in [6, 6.07) is 19.4. The number of aryl methyl sites for hydroxylation is 1. The Morgan fingerprint density at radius 3 is 2.49 bits per heavy atom. The molecule has 0 bridgehead atoms. The van der Waals surface area contributed by atoms with Crippen LogP contribution in [-0.4, -0.2) is 36.6 Å². The van der Waals surface area contributed by atoms with Crippen molar-refractivity contribution in [2.75, 3.05) is 6.61 Å². The van der Waals surface area contributed by atoms with Gasteiger partial charge in [0.25, 0.3) is 15.9 Å². The zero-order chi connectivity index (χ0) is 28.6. The second kappa shape index (κ2) is 11.0. The van der Waals surface area contributed by atoms with E-state index in [-0.39, 0.29) is 16.9 Å². The number of fused-ring (bicyclic) bond motifs is 5. The highest BCUT2D eigenvalue weighted by Crippen LogP contribution is 2.47. The largest absolute Gasteiger partial charge is 0.491 e. The monoisotopic (exact) mass is 572 g/mol. The Bertz CT molecular complexity index is 1730. The lowest BCUT2D eigenvalue weighted by molar-refractivity contribution is -0.136. The van der Waals surface area contributed by atoms with Crippen molar-refractivity contribution in [2.45, 2.75) is 62.3 Å². The van der Waals surface area contributed by atoms with Gasteiger partial charge in [0.15, 0.2) is 0 Å². The van der Waals surface area contributed by atoms with Crippen molar-refractivity contribution in [1.82, 2.24) is 9.29 Å². The number of carbonyl (C=O) groups excluding carboxylic acids is 1. The Hall–Kier alpha value is -4.11. The van der Waals surface area contributed by atoms with Crippen LogP contribution < -0.4 is 9.46 Å². The number of sulfonamides is 1. The summed E-state index contributed by atoms with van der Waals surface area (Å²) in [4.78, 5) is 24.0. The van der Waals surface area contributed by atoms with Gasteiger partial charge in [-0.2, -0.15) is 0 Å². The molecule has 2 heterocycles. The lowest BCUT2D eigenvalue weighted by Crippen LogP contribution is -2.30. The Morgan fingerprint density at radius 1 is 0.976 bits per heavy atom. The zero-order valence-corrected chi connectivity index (χ0v) is 23.5. The fourth-order valence-electron chi connectivity index (χ4n) is 6.21. The van der Waals surface area contributed by atoms with Crippen LogP contribution in [-0.2, 0) is 27.8 Å². The summed E-state index contributed by atoms with van der Waals surface area (Å²) in [6.07, 6.45) is 6.10. The van der Waals surface area contributed by atoms with Crippen molar-refractivity contribution < 1.29 is 27.9 Å². The molecule has 0 unspecified atom stereocenters. The number of carboxylic acids is 1. The first-order valence-electron chi connectivity index (χ1n) is 14.1. The molecule has 0 saturated heterocycles. The van der Waals surface area contributed by atoms with Crippen LogP contribution in [0.15, 0.2) is 71.6 Å². The molecule has 1 amide bonds. The predicted molar refractivity (Wildman–Crippen MR) is 156 cm³/mol. The first-order valence-corrected chi connectivity index (χ1v) is 15.6. The molecule has 0 atom stereocenters. The fourth-order valence-corrected chi connectivity index (χ4v) is 7.18. The van der Waals surface area contributed by atoms with E-state index in [0.717, 1.165) is 40.8 Å². The molecule has 6 rings (SSSR count). The Balaban J connectivity index is 1.35. The minimum absolute atomic E-state index is 0.0467. The average molecular weight is 573 g/mol. The van der Waals surface area contributed by atoms with E-state index >= 15 is 0 Å². The number of amides is 1. The molecule has 1 fully saturated rings. The van der Waals surface area contributed by atoms with Crippen LogP contribution in [0.25, 0.3) is 22.2 Å². The van der Waals surface area contributed by atoms with Gasteiger partial charge in [-0.25, -0.2) is 13.1 Å². The van der Waals surface area contributed by atoms with Gasteiger partial charge < -0.3 is 14.4 Å². The summed E-state index contributed by atoms with van der Waals surface area (Å²) >= 11 is 0. The predicted octanol–water partition coefficient (Wildman–Crippen LogP) is 5.88. The third kappa shape index (κ3) is 5.34. The summed E-state index contributed by atoms with van der Waals surface area (Å²) < 4.78 is 36.6. The Kier molecular flexibility index (Phi) is 7.30. The highest BCUT2D eigenvalue weighted by atomic mass is 32.2. The molecule has 212 valence electrons. The normalized spacial score (nSPS) is 15.4. The van der Waals surface area contributed by atoms with Gasteiger partial charge in [0, 0.05) is 28.5 Å². The number of benzene rings is 3. The Morgan fingerprint density at radius 2 is 1.73 bits per heavy atom. The SMILES string of the molecule is O=C(O)CCc1ccc(S(=O)(=O)NC(=O)c2ccc3c(C4CCCCC4)c4n(c3c2)CCOc2ccccc2-4)cc1. The van der Waals surface area contributed by atoms with E-state index in [4.69, 9.17) is 9.84 Å². The average Bonchev–Trinajstić information content (AvgIpc) is 3.17. The minimum atomic E-state index is -4.13. The first kappa shape index (κ1) is 27.1. The molecule has 2 aliphatic rings. The number of para-hydroxylation sites is 1. The van der Waals surface area contributed by atoms with Gasteiger partial charge in [0.1, 0.15) is 12.4 Å². The molecule has 2 N–H and O–H groups in total. The fraction of sp³-hybridized carbons (Fsp3) is 0.312. The molecule has 1 saturated carbocycles. The molecule has 1 aromatic heterocycles. The van der Waals surface area contributed by atoms with E-state index in [1.165, 1.54) is 37.0 Å².